The first-order valence-electron chi connectivity index (χ1n) is 6.40. The van der Waals surface area contributed by atoms with Crippen LogP contribution in [0.2, 0.25) is 0 Å². The highest BCUT2D eigenvalue weighted by Crippen LogP contribution is 2.15. The van der Waals surface area contributed by atoms with Crippen LogP contribution in [0.25, 0.3) is 0 Å². The van der Waals surface area contributed by atoms with Crippen LogP contribution in [0.3, 0.4) is 0 Å². The van der Waals surface area contributed by atoms with E-state index in [1.54, 1.807) is 12.1 Å². The molecule has 5 heteroatoms. The first-order valence-corrected chi connectivity index (χ1v) is 7.19. The molecule has 0 radical (unpaired) electrons. The molecule has 106 valence electrons. The Balaban J connectivity index is 2.23. The summed E-state index contributed by atoms with van der Waals surface area (Å²) in [4.78, 5) is 11.4. The van der Waals surface area contributed by atoms with Crippen molar-refractivity contribution < 1.29 is 9.18 Å². The average molecular weight is 331 g/mol. The van der Waals surface area contributed by atoms with E-state index in [4.69, 9.17) is 0 Å². The summed E-state index contributed by atoms with van der Waals surface area (Å²) in [5, 5.41) is 5.91. The molecule has 0 spiro atoms. The van der Waals surface area contributed by atoms with E-state index >= 15 is 0 Å². The predicted octanol–water partition coefficient (Wildman–Crippen LogP) is 2.84. The zero-order chi connectivity index (χ0) is 14.3. The molecule has 0 saturated heterocycles. The largest absolute Gasteiger partial charge is 0.356 e. The molecule has 1 aromatic carbocycles. The van der Waals surface area contributed by atoms with Crippen molar-refractivity contribution in [2.75, 3.05) is 13.1 Å². The van der Waals surface area contributed by atoms with Gasteiger partial charge in [-0.2, -0.15) is 0 Å². The van der Waals surface area contributed by atoms with Gasteiger partial charge in [0.25, 0.3) is 0 Å². The molecule has 0 bridgehead atoms. The summed E-state index contributed by atoms with van der Waals surface area (Å²) in [6.07, 6.45) is 0.405. The Morgan fingerprint density at radius 1 is 1.42 bits per heavy atom. The molecule has 0 fully saturated rings. The normalized spacial score (nSPS) is 10.8. The van der Waals surface area contributed by atoms with Gasteiger partial charge in [0.2, 0.25) is 5.91 Å². The number of amides is 1. The van der Waals surface area contributed by atoms with Gasteiger partial charge in [0.1, 0.15) is 5.82 Å². The first kappa shape index (κ1) is 16.1. The number of hydrogen-bond donors (Lipinski definition) is 2. The summed E-state index contributed by atoms with van der Waals surface area (Å²) < 4.78 is 14.3. The molecule has 2 N–H and O–H groups in total. The summed E-state index contributed by atoms with van der Waals surface area (Å²) in [5.74, 6) is 0.239. The van der Waals surface area contributed by atoms with E-state index in [0.29, 0.717) is 37.5 Å². The Bertz CT molecular complexity index is 424. The third-order valence-corrected chi connectivity index (χ3v) is 3.05. The number of carbonyl (C=O) groups excluding carboxylic acids is 1. The van der Waals surface area contributed by atoms with Crippen molar-refractivity contribution >= 4 is 21.8 Å². The fourth-order valence-electron chi connectivity index (χ4n) is 1.51. The Morgan fingerprint density at radius 2 is 2.16 bits per heavy atom. The molecule has 1 aromatic rings. The smallest absolute Gasteiger partial charge is 0.221 e. The zero-order valence-corrected chi connectivity index (χ0v) is 12.9. The van der Waals surface area contributed by atoms with Gasteiger partial charge in [-0.15, -0.1) is 0 Å². The summed E-state index contributed by atoms with van der Waals surface area (Å²) in [7, 11) is 0. The third kappa shape index (κ3) is 6.68. The van der Waals surface area contributed by atoms with Crippen LogP contribution in [0.1, 0.15) is 25.8 Å². The lowest BCUT2D eigenvalue weighted by Crippen LogP contribution is -2.30. The summed E-state index contributed by atoms with van der Waals surface area (Å²) >= 11 is 3.30. The second-order valence-corrected chi connectivity index (χ2v) is 5.78. The fourth-order valence-corrected chi connectivity index (χ4v) is 1.92. The highest BCUT2D eigenvalue weighted by molar-refractivity contribution is 9.10. The van der Waals surface area contributed by atoms with Crippen molar-refractivity contribution in [2.24, 2.45) is 5.92 Å². The van der Waals surface area contributed by atoms with Crippen molar-refractivity contribution in [1.29, 1.82) is 0 Å². The highest BCUT2D eigenvalue weighted by Gasteiger charge is 2.04. The Morgan fingerprint density at radius 3 is 2.84 bits per heavy atom. The predicted molar refractivity (Wildman–Crippen MR) is 78.3 cm³/mol. The van der Waals surface area contributed by atoms with Crippen LogP contribution in [-0.4, -0.2) is 19.0 Å². The SMILES string of the molecule is CC(C)CNC(=O)CCNCc1cc(Br)ccc1F. The number of halogens is 2. The molecule has 3 nitrogen and oxygen atoms in total. The van der Waals surface area contributed by atoms with Gasteiger partial charge in [0, 0.05) is 36.1 Å². The molecule has 0 saturated carbocycles. The van der Waals surface area contributed by atoms with Gasteiger partial charge < -0.3 is 10.6 Å². The molecule has 0 aliphatic heterocycles. The van der Waals surface area contributed by atoms with Gasteiger partial charge >= 0.3 is 0 Å². The van der Waals surface area contributed by atoms with Gasteiger partial charge in [-0.3, -0.25) is 4.79 Å². The molecular formula is C14H20BrFN2O. The lowest BCUT2D eigenvalue weighted by Gasteiger charge is -2.09. The van der Waals surface area contributed by atoms with E-state index in [1.807, 2.05) is 0 Å². The van der Waals surface area contributed by atoms with Crippen LogP contribution < -0.4 is 10.6 Å². The second-order valence-electron chi connectivity index (χ2n) is 4.86. The zero-order valence-electron chi connectivity index (χ0n) is 11.3. The Labute approximate surface area is 122 Å². The maximum Gasteiger partial charge on any atom is 0.221 e. The lowest BCUT2D eigenvalue weighted by molar-refractivity contribution is -0.121. The van der Waals surface area contributed by atoms with Crippen molar-refractivity contribution in [3.63, 3.8) is 0 Å². The molecular weight excluding hydrogens is 311 g/mol. The maximum absolute atomic E-state index is 13.4. The molecule has 0 heterocycles. The van der Waals surface area contributed by atoms with Crippen LogP contribution in [0.5, 0.6) is 0 Å². The van der Waals surface area contributed by atoms with Crippen molar-refractivity contribution in [2.45, 2.75) is 26.8 Å². The topological polar surface area (TPSA) is 41.1 Å². The minimum atomic E-state index is -0.236. The van der Waals surface area contributed by atoms with Crippen LogP contribution in [0.15, 0.2) is 22.7 Å². The summed E-state index contributed by atoms with van der Waals surface area (Å²) in [6, 6.07) is 4.83. The fraction of sp³-hybridized carbons (Fsp3) is 0.500. The Kier molecular flexibility index (Phi) is 7.02. The number of carbonyl (C=O) groups is 1. The minimum Gasteiger partial charge on any atom is -0.356 e. The average Bonchev–Trinajstić information content (AvgIpc) is 2.36. The van der Waals surface area contributed by atoms with Gasteiger partial charge in [-0.05, 0) is 24.1 Å². The number of nitrogens with one attached hydrogen (secondary N) is 2. The number of hydrogen-bond acceptors (Lipinski definition) is 2. The summed E-state index contributed by atoms with van der Waals surface area (Å²) in [6.45, 7) is 5.75. The third-order valence-electron chi connectivity index (χ3n) is 2.56. The quantitative estimate of drug-likeness (QED) is 0.755. The number of benzene rings is 1. The summed E-state index contributed by atoms with van der Waals surface area (Å²) in [5.41, 5.74) is 0.594. The van der Waals surface area contributed by atoms with Gasteiger partial charge in [0.15, 0.2) is 0 Å². The van der Waals surface area contributed by atoms with Crippen molar-refractivity contribution in [3.05, 3.63) is 34.1 Å². The molecule has 0 aliphatic rings. The molecule has 0 atom stereocenters. The molecule has 0 aliphatic carbocycles. The van der Waals surface area contributed by atoms with E-state index in [-0.39, 0.29) is 11.7 Å². The lowest BCUT2D eigenvalue weighted by atomic mass is 10.2. The van der Waals surface area contributed by atoms with E-state index < -0.39 is 0 Å². The minimum absolute atomic E-state index is 0.0240. The number of rotatable bonds is 7. The van der Waals surface area contributed by atoms with Crippen molar-refractivity contribution in [1.82, 2.24) is 10.6 Å². The van der Waals surface area contributed by atoms with Gasteiger partial charge in [-0.1, -0.05) is 29.8 Å². The van der Waals surface area contributed by atoms with E-state index in [9.17, 15) is 9.18 Å². The molecule has 0 aromatic heterocycles. The van der Waals surface area contributed by atoms with Crippen molar-refractivity contribution in [3.8, 4) is 0 Å². The molecule has 0 unspecified atom stereocenters. The van der Waals surface area contributed by atoms with Crippen LogP contribution in [-0.2, 0) is 11.3 Å². The first-order chi connectivity index (χ1) is 8.99. The second kappa shape index (κ2) is 8.27. The molecule has 1 rings (SSSR count). The van der Waals surface area contributed by atoms with Gasteiger partial charge in [-0.25, -0.2) is 4.39 Å². The van der Waals surface area contributed by atoms with Gasteiger partial charge in [0.05, 0.1) is 0 Å². The van der Waals surface area contributed by atoms with E-state index in [1.165, 1.54) is 6.07 Å². The maximum atomic E-state index is 13.4. The standard InChI is InChI=1S/C14H20BrFN2O/c1-10(2)8-18-14(19)5-6-17-9-11-7-12(15)3-4-13(11)16/h3-4,7,10,17H,5-6,8-9H2,1-2H3,(H,18,19). The van der Waals surface area contributed by atoms with E-state index in [2.05, 4.69) is 40.4 Å². The monoisotopic (exact) mass is 330 g/mol. The van der Waals surface area contributed by atoms with Crippen LogP contribution in [0, 0.1) is 11.7 Å². The molecule has 1 amide bonds. The van der Waals surface area contributed by atoms with Crippen LogP contribution in [0.4, 0.5) is 4.39 Å². The highest BCUT2D eigenvalue weighted by atomic mass is 79.9. The van der Waals surface area contributed by atoms with E-state index in [0.717, 1.165) is 4.47 Å². The molecule has 19 heavy (non-hydrogen) atoms. The van der Waals surface area contributed by atoms with Crippen LogP contribution >= 0.6 is 15.9 Å². The Hall–Kier alpha value is -0.940.